The third-order valence-electron chi connectivity index (χ3n) is 4.19. The van der Waals surface area contributed by atoms with Crippen molar-refractivity contribution in [1.82, 2.24) is 4.90 Å². The van der Waals surface area contributed by atoms with Gasteiger partial charge in [-0.15, -0.1) is 0 Å². The van der Waals surface area contributed by atoms with Gasteiger partial charge in [-0.05, 0) is 49.7 Å². The van der Waals surface area contributed by atoms with Crippen molar-refractivity contribution >= 4 is 11.9 Å². The largest absolute Gasteiger partial charge is 0.493 e. The highest BCUT2D eigenvalue weighted by Gasteiger charge is 2.17. The zero-order valence-corrected chi connectivity index (χ0v) is 16.8. The molecule has 1 amide bonds. The first-order valence-corrected chi connectivity index (χ1v) is 9.27. The van der Waals surface area contributed by atoms with Gasteiger partial charge >= 0.3 is 5.97 Å². The number of ether oxygens (including phenoxy) is 3. The van der Waals surface area contributed by atoms with Crippen LogP contribution in [0.5, 0.6) is 11.5 Å². The molecule has 0 radical (unpaired) electrons. The molecular formula is C22H24N2O5. The van der Waals surface area contributed by atoms with Gasteiger partial charge in [-0.1, -0.05) is 12.1 Å². The Morgan fingerprint density at radius 1 is 1.10 bits per heavy atom. The van der Waals surface area contributed by atoms with E-state index in [0.29, 0.717) is 36.8 Å². The van der Waals surface area contributed by atoms with Crippen molar-refractivity contribution in [3.63, 3.8) is 0 Å². The number of nitrogens with zero attached hydrogens (tertiary/aromatic N) is 2. The van der Waals surface area contributed by atoms with Gasteiger partial charge in [0.1, 0.15) is 0 Å². The van der Waals surface area contributed by atoms with Crippen LogP contribution in [0.2, 0.25) is 0 Å². The van der Waals surface area contributed by atoms with Crippen LogP contribution in [0.3, 0.4) is 0 Å². The second-order valence-electron chi connectivity index (χ2n) is 6.09. The van der Waals surface area contributed by atoms with E-state index in [2.05, 4.69) is 0 Å². The van der Waals surface area contributed by atoms with Crippen LogP contribution in [-0.2, 0) is 16.1 Å². The van der Waals surface area contributed by atoms with Gasteiger partial charge in [0.25, 0.3) is 5.91 Å². The second kappa shape index (κ2) is 10.7. The summed E-state index contributed by atoms with van der Waals surface area (Å²) in [7, 11) is 1.56. The quantitative estimate of drug-likeness (QED) is 0.605. The molecule has 2 aromatic carbocycles. The molecule has 0 atom stereocenters. The highest BCUT2D eigenvalue weighted by molar-refractivity contribution is 5.91. The van der Waals surface area contributed by atoms with Crippen LogP contribution in [0.25, 0.3) is 0 Å². The predicted molar refractivity (Wildman–Crippen MR) is 107 cm³/mol. The van der Waals surface area contributed by atoms with Crippen LogP contribution in [0, 0.1) is 11.3 Å². The first kappa shape index (κ1) is 21.8. The Hall–Kier alpha value is -3.53. The van der Waals surface area contributed by atoms with E-state index in [4.69, 9.17) is 19.5 Å². The molecule has 7 heteroatoms. The maximum absolute atomic E-state index is 12.5. The molecule has 0 aliphatic rings. The van der Waals surface area contributed by atoms with E-state index in [9.17, 15) is 9.59 Å². The number of carbonyl (C=O) groups is 2. The Kier molecular flexibility index (Phi) is 8.04. The Morgan fingerprint density at radius 2 is 1.90 bits per heavy atom. The van der Waals surface area contributed by atoms with E-state index in [1.54, 1.807) is 30.2 Å². The number of methoxy groups -OCH3 is 1. The smallest absolute Gasteiger partial charge is 0.338 e. The summed E-state index contributed by atoms with van der Waals surface area (Å²) in [6, 6.07) is 13.6. The zero-order chi connectivity index (χ0) is 21.2. The molecule has 0 aliphatic carbocycles. The molecule has 29 heavy (non-hydrogen) atoms. The minimum Gasteiger partial charge on any atom is -0.493 e. The maximum Gasteiger partial charge on any atom is 0.338 e. The minimum absolute atomic E-state index is 0.233. The van der Waals surface area contributed by atoms with Gasteiger partial charge in [-0.2, -0.15) is 5.26 Å². The van der Waals surface area contributed by atoms with E-state index in [1.165, 1.54) is 12.1 Å². The lowest BCUT2D eigenvalue weighted by atomic mass is 10.1. The molecule has 0 unspecified atom stereocenters. The number of hydrogen-bond donors (Lipinski definition) is 0. The third kappa shape index (κ3) is 5.98. The topological polar surface area (TPSA) is 88.9 Å². The van der Waals surface area contributed by atoms with Gasteiger partial charge in [0.2, 0.25) is 0 Å². The van der Waals surface area contributed by atoms with Crippen molar-refractivity contribution in [3.05, 3.63) is 59.2 Å². The fraction of sp³-hybridized carbons (Fsp3) is 0.318. The summed E-state index contributed by atoms with van der Waals surface area (Å²) >= 11 is 0. The Bertz CT molecular complexity index is 904. The normalized spacial score (nSPS) is 10.0. The molecule has 7 nitrogen and oxygen atoms in total. The Balaban J connectivity index is 1.99. The van der Waals surface area contributed by atoms with Crippen molar-refractivity contribution in [2.24, 2.45) is 0 Å². The average Bonchev–Trinajstić information content (AvgIpc) is 2.76. The molecule has 0 aliphatic heterocycles. The third-order valence-corrected chi connectivity index (χ3v) is 4.19. The average molecular weight is 396 g/mol. The van der Waals surface area contributed by atoms with Gasteiger partial charge < -0.3 is 19.1 Å². The van der Waals surface area contributed by atoms with Crippen LogP contribution in [-0.4, -0.2) is 43.6 Å². The summed E-state index contributed by atoms with van der Waals surface area (Å²) in [5, 5.41) is 8.91. The molecule has 0 bridgehead atoms. The van der Waals surface area contributed by atoms with E-state index in [1.807, 2.05) is 32.0 Å². The van der Waals surface area contributed by atoms with Crippen molar-refractivity contribution in [1.29, 1.82) is 5.26 Å². The molecule has 0 N–H and O–H groups in total. The number of amides is 1. The van der Waals surface area contributed by atoms with Crippen molar-refractivity contribution in [2.75, 3.05) is 26.9 Å². The van der Waals surface area contributed by atoms with Gasteiger partial charge in [-0.25, -0.2) is 4.79 Å². The first-order chi connectivity index (χ1) is 14.0. The monoisotopic (exact) mass is 396 g/mol. The number of benzene rings is 2. The lowest BCUT2D eigenvalue weighted by molar-refractivity contribution is -0.134. The van der Waals surface area contributed by atoms with Crippen LogP contribution in [0.1, 0.15) is 35.3 Å². The van der Waals surface area contributed by atoms with Crippen molar-refractivity contribution in [2.45, 2.75) is 20.4 Å². The summed E-state index contributed by atoms with van der Waals surface area (Å²) in [4.78, 5) is 26.2. The first-order valence-electron chi connectivity index (χ1n) is 9.27. The number of nitriles is 1. The lowest BCUT2D eigenvalue weighted by Crippen LogP contribution is -2.34. The predicted octanol–water partition coefficient (Wildman–Crippen LogP) is 3.17. The molecule has 0 aromatic heterocycles. The van der Waals surface area contributed by atoms with Crippen LogP contribution < -0.4 is 9.47 Å². The Labute approximate surface area is 170 Å². The molecule has 0 heterocycles. The van der Waals surface area contributed by atoms with E-state index < -0.39 is 5.97 Å². The van der Waals surface area contributed by atoms with Crippen LogP contribution in [0.15, 0.2) is 42.5 Å². The summed E-state index contributed by atoms with van der Waals surface area (Å²) in [6.07, 6.45) is 0. The van der Waals surface area contributed by atoms with Gasteiger partial charge in [-0.3, -0.25) is 4.79 Å². The standard InChI is InChI=1S/C22H24N2O5/c1-4-24(14-17-9-10-19(28-5-2)20(12-17)27-3)21(25)15-29-22(26)18-8-6-7-16(11-18)13-23/h6-12H,4-5,14-15H2,1-3H3. The van der Waals surface area contributed by atoms with Crippen molar-refractivity contribution < 1.29 is 23.8 Å². The van der Waals surface area contributed by atoms with E-state index >= 15 is 0 Å². The van der Waals surface area contributed by atoms with Crippen LogP contribution in [0.4, 0.5) is 0 Å². The molecule has 152 valence electrons. The molecule has 0 saturated carbocycles. The molecule has 0 saturated heterocycles. The van der Waals surface area contributed by atoms with Gasteiger partial charge in [0.15, 0.2) is 18.1 Å². The summed E-state index contributed by atoms with van der Waals surface area (Å²) < 4.78 is 16.0. The SMILES string of the molecule is CCOc1ccc(CN(CC)C(=O)COC(=O)c2cccc(C#N)c2)cc1OC. The fourth-order valence-electron chi connectivity index (χ4n) is 2.70. The molecular weight excluding hydrogens is 372 g/mol. The zero-order valence-electron chi connectivity index (χ0n) is 16.8. The van der Waals surface area contributed by atoms with Gasteiger partial charge in [0.05, 0.1) is 30.9 Å². The molecule has 2 aromatic rings. The summed E-state index contributed by atoms with van der Waals surface area (Å²) in [6.45, 7) is 4.69. The highest BCUT2D eigenvalue weighted by atomic mass is 16.5. The maximum atomic E-state index is 12.5. The van der Waals surface area contributed by atoms with Crippen LogP contribution >= 0.6 is 0 Å². The Morgan fingerprint density at radius 3 is 2.55 bits per heavy atom. The molecule has 2 rings (SSSR count). The lowest BCUT2D eigenvalue weighted by Gasteiger charge is -2.21. The van der Waals surface area contributed by atoms with Gasteiger partial charge in [0, 0.05) is 13.1 Å². The second-order valence-corrected chi connectivity index (χ2v) is 6.09. The molecule has 0 fully saturated rings. The highest BCUT2D eigenvalue weighted by Crippen LogP contribution is 2.28. The fourth-order valence-corrected chi connectivity index (χ4v) is 2.70. The minimum atomic E-state index is -0.644. The number of likely N-dealkylation sites (N-methyl/N-ethyl adjacent to an activating group) is 1. The number of hydrogen-bond acceptors (Lipinski definition) is 6. The number of esters is 1. The van der Waals surface area contributed by atoms with E-state index in [0.717, 1.165) is 5.56 Å². The number of carbonyl (C=O) groups excluding carboxylic acids is 2. The van der Waals surface area contributed by atoms with Crippen molar-refractivity contribution in [3.8, 4) is 17.6 Å². The summed E-state index contributed by atoms with van der Waals surface area (Å²) in [5.41, 5.74) is 1.45. The van der Waals surface area contributed by atoms with E-state index in [-0.39, 0.29) is 18.1 Å². The summed E-state index contributed by atoms with van der Waals surface area (Å²) in [5.74, 6) is 0.276. The number of rotatable bonds is 9. The molecule has 0 spiro atoms.